The number of benzene rings is 2. The molecule has 0 unspecified atom stereocenters. The minimum absolute atomic E-state index is 0.485. The van der Waals surface area contributed by atoms with Crippen molar-refractivity contribution in [1.82, 2.24) is 0 Å². The van der Waals surface area contributed by atoms with E-state index in [0.29, 0.717) is 5.75 Å². The van der Waals surface area contributed by atoms with Gasteiger partial charge in [-0.25, -0.2) is 0 Å². The van der Waals surface area contributed by atoms with E-state index in [2.05, 4.69) is 38.1 Å². The van der Waals surface area contributed by atoms with Gasteiger partial charge in [-0.15, -0.1) is 0 Å². The highest BCUT2D eigenvalue weighted by Gasteiger charge is 2.09. The first kappa shape index (κ1) is 12.7. The smallest absolute Gasteiger partial charge is 0.121 e. The van der Waals surface area contributed by atoms with Crippen LogP contribution in [0.15, 0.2) is 42.5 Å². The zero-order valence-corrected chi connectivity index (χ0v) is 11.1. The summed E-state index contributed by atoms with van der Waals surface area (Å²) in [7, 11) is 0. The maximum atomic E-state index is 10.2. The molecule has 2 aromatic rings. The van der Waals surface area contributed by atoms with Crippen LogP contribution in [0.25, 0.3) is 11.1 Å². The van der Waals surface area contributed by atoms with Gasteiger partial charge in [0.05, 0.1) is 0 Å². The van der Waals surface area contributed by atoms with Crippen molar-refractivity contribution >= 4 is 0 Å². The summed E-state index contributed by atoms with van der Waals surface area (Å²) in [5.74, 6) is 0.485. The predicted octanol–water partition coefficient (Wildman–Crippen LogP) is 4.57. The van der Waals surface area contributed by atoms with Crippen molar-refractivity contribution in [3.05, 3.63) is 53.6 Å². The molecule has 1 nitrogen and oxygen atoms in total. The third kappa shape index (κ3) is 2.56. The first-order valence-electron chi connectivity index (χ1n) is 6.66. The summed E-state index contributed by atoms with van der Waals surface area (Å²) in [5, 5.41) is 10.2. The van der Waals surface area contributed by atoms with Crippen LogP contribution in [0.3, 0.4) is 0 Å². The molecule has 0 aromatic heterocycles. The molecule has 94 valence electrons. The first-order valence-corrected chi connectivity index (χ1v) is 6.66. The SMILES string of the molecule is CCCc1cc(-c2ccccc2)cc(CC)c1O. The largest absolute Gasteiger partial charge is 0.507 e. The molecule has 0 aliphatic heterocycles. The molecule has 0 bridgehead atoms. The maximum Gasteiger partial charge on any atom is 0.121 e. The van der Waals surface area contributed by atoms with Gasteiger partial charge in [-0.2, -0.15) is 0 Å². The summed E-state index contributed by atoms with van der Waals surface area (Å²) in [4.78, 5) is 0. The van der Waals surface area contributed by atoms with Crippen LogP contribution in [0.1, 0.15) is 31.4 Å². The van der Waals surface area contributed by atoms with Crippen molar-refractivity contribution in [3.8, 4) is 16.9 Å². The van der Waals surface area contributed by atoms with Crippen LogP contribution in [-0.2, 0) is 12.8 Å². The molecule has 0 radical (unpaired) electrons. The van der Waals surface area contributed by atoms with E-state index in [1.54, 1.807) is 0 Å². The highest BCUT2D eigenvalue weighted by Crippen LogP contribution is 2.31. The van der Waals surface area contributed by atoms with Gasteiger partial charge in [-0.05, 0) is 47.2 Å². The van der Waals surface area contributed by atoms with Crippen LogP contribution >= 0.6 is 0 Å². The molecule has 0 saturated carbocycles. The maximum absolute atomic E-state index is 10.2. The van der Waals surface area contributed by atoms with Gasteiger partial charge in [0.25, 0.3) is 0 Å². The molecule has 0 amide bonds. The summed E-state index contributed by atoms with van der Waals surface area (Å²) < 4.78 is 0. The Balaban J connectivity index is 2.52. The second-order valence-corrected chi connectivity index (χ2v) is 4.61. The molecule has 0 atom stereocenters. The van der Waals surface area contributed by atoms with Crippen LogP contribution in [0.4, 0.5) is 0 Å². The number of aryl methyl sites for hydroxylation is 2. The van der Waals surface area contributed by atoms with Gasteiger partial charge in [0.1, 0.15) is 5.75 Å². The quantitative estimate of drug-likeness (QED) is 0.829. The second-order valence-electron chi connectivity index (χ2n) is 4.61. The van der Waals surface area contributed by atoms with Crippen LogP contribution in [0, 0.1) is 0 Å². The summed E-state index contributed by atoms with van der Waals surface area (Å²) in [6.07, 6.45) is 2.84. The van der Waals surface area contributed by atoms with Crippen LogP contribution in [-0.4, -0.2) is 5.11 Å². The van der Waals surface area contributed by atoms with E-state index < -0.39 is 0 Å². The molecule has 1 heteroatoms. The zero-order chi connectivity index (χ0) is 13.0. The summed E-state index contributed by atoms with van der Waals surface area (Å²) in [5.41, 5.74) is 4.52. The Bertz CT molecular complexity index is 515. The number of aromatic hydroxyl groups is 1. The summed E-state index contributed by atoms with van der Waals surface area (Å²) in [6, 6.07) is 14.6. The lowest BCUT2D eigenvalue weighted by Gasteiger charge is -2.12. The molecular weight excluding hydrogens is 220 g/mol. The molecule has 0 saturated heterocycles. The Morgan fingerprint density at radius 2 is 1.56 bits per heavy atom. The number of hydrogen-bond donors (Lipinski definition) is 1. The third-order valence-corrected chi connectivity index (χ3v) is 3.28. The fourth-order valence-electron chi connectivity index (χ4n) is 2.29. The van der Waals surface area contributed by atoms with Gasteiger partial charge < -0.3 is 5.11 Å². The van der Waals surface area contributed by atoms with E-state index in [1.807, 2.05) is 18.2 Å². The Morgan fingerprint density at radius 3 is 2.17 bits per heavy atom. The van der Waals surface area contributed by atoms with Crippen LogP contribution in [0.2, 0.25) is 0 Å². The van der Waals surface area contributed by atoms with E-state index in [0.717, 1.165) is 30.4 Å². The lowest BCUT2D eigenvalue weighted by molar-refractivity contribution is 0.461. The number of hydrogen-bond acceptors (Lipinski definition) is 1. The molecule has 0 spiro atoms. The molecule has 1 N–H and O–H groups in total. The van der Waals surface area contributed by atoms with Gasteiger partial charge in [-0.1, -0.05) is 50.6 Å². The standard InChI is InChI=1S/C17H20O/c1-3-8-15-12-16(11-13(4-2)17(15)18)14-9-6-5-7-10-14/h5-7,9-12,18H,3-4,8H2,1-2H3. The highest BCUT2D eigenvalue weighted by atomic mass is 16.3. The zero-order valence-electron chi connectivity index (χ0n) is 11.1. The molecule has 0 aliphatic carbocycles. The van der Waals surface area contributed by atoms with Crippen molar-refractivity contribution in [1.29, 1.82) is 0 Å². The summed E-state index contributed by atoms with van der Waals surface area (Å²) in [6.45, 7) is 4.22. The topological polar surface area (TPSA) is 20.2 Å². The monoisotopic (exact) mass is 240 g/mol. The van der Waals surface area contributed by atoms with Gasteiger partial charge in [0.2, 0.25) is 0 Å². The van der Waals surface area contributed by atoms with Crippen molar-refractivity contribution in [2.24, 2.45) is 0 Å². The van der Waals surface area contributed by atoms with Crippen molar-refractivity contribution in [3.63, 3.8) is 0 Å². The van der Waals surface area contributed by atoms with E-state index in [9.17, 15) is 5.11 Å². The number of phenols is 1. The minimum atomic E-state index is 0.485. The minimum Gasteiger partial charge on any atom is -0.507 e. The van der Waals surface area contributed by atoms with Crippen molar-refractivity contribution < 1.29 is 5.11 Å². The fraction of sp³-hybridized carbons (Fsp3) is 0.294. The van der Waals surface area contributed by atoms with Crippen LogP contribution in [0.5, 0.6) is 5.75 Å². The second kappa shape index (κ2) is 5.72. The molecule has 0 aliphatic rings. The molecule has 0 heterocycles. The fourth-order valence-corrected chi connectivity index (χ4v) is 2.29. The number of phenolic OH excluding ortho intramolecular Hbond substituents is 1. The first-order chi connectivity index (χ1) is 8.76. The lowest BCUT2D eigenvalue weighted by atomic mass is 9.95. The van der Waals surface area contributed by atoms with Gasteiger partial charge in [0.15, 0.2) is 0 Å². The number of rotatable bonds is 4. The van der Waals surface area contributed by atoms with E-state index in [-0.39, 0.29) is 0 Å². The Kier molecular flexibility index (Phi) is 4.03. The molecule has 18 heavy (non-hydrogen) atoms. The predicted molar refractivity (Wildman–Crippen MR) is 76.9 cm³/mol. The van der Waals surface area contributed by atoms with Crippen molar-refractivity contribution in [2.75, 3.05) is 0 Å². The van der Waals surface area contributed by atoms with Gasteiger partial charge in [0, 0.05) is 0 Å². The Labute approximate surface area is 109 Å². The van der Waals surface area contributed by atoms with Crippen molar-refractivity contribution in [2.45, 2.75) is 33.1 Å². The van der Waals surface area contributed by atoms with Gasteiger partial charge in [-0.3, -0.25) is 0 Å². The van der Waals surface area contributed by atoms with E-state index in [4.69, 9.17) is 0 Å². The third-order valence-electron chi connectivity index (χ3n) is 3.28. The summed E-state index contributed by atoms with van der Waals surface area (Å²) >= 11 is 0. The van der Waals surface area contributed by atoms with Gasteiger partial charge >= 0.3 is 0 Å². The van der Waals surface area contributed by atoms with E-state index in [1.165, 1.54) is 11.1 Å². The molecular formula is C17H20O. The molecule has 2 aromatic carbocycles. The Hall–Kier alpha value is -1.76. The average molecular weight is 240 g/mol. The molecule has 0 fully saturated rings. The average Bonchev–Trinajstić information content (AvgIpc) is 2.42. The normalized spacial score (nSPS) is 10.6. The lowest BCUT2D eigenvalue weighted by Crippen LogP contribution is -1.92. The Morgan fingerprint density at radius 1 is 0.889 bits per heavy atom. The van der Waals surface area contributed by atoms with E-state index >= 15 is 0 Å². The van der Waals surface area contributed by atoms with Crippen LogP contribution < -0.4 is 0 Å². The molecule has 2 rings (SSSR count). The highest BCUT2D eigenvalue weighted by molar-refractivity contribution is 5.67.